The number of esters is 1. The van der Waals surface area contributed by atoms with Gasteiger partial charge in [0.2, 0.25) is 5.91 Å². The zero-order valence-electron chi connectivity index (χ0n) is 25.9. The van der Waals surface area contributed by atoms with Gasteiger partial charge in [0.15, 0.2) is 11.5 Å². The second kappa shape index (κ2) is 14.8. The smallest absolute Gasteiger partial charge is 0.312 e. The molecule has 0 spiro atoms. The van der Waals surface area contributed by atoms with Crippen molar-refractivity contribution in [3.8, 4) is 17.2 Å². The number of methoxy groups -OCH3 is 2. The lowest BCUT2D eigenvalue weighted by atomic mass is 9.75. The molecule has 43 heavy (non-hydrogen) atoms. The van der Waals surface area contributed by atoms with Gasteiger partial charge in [0.25, 0.3) is 0 Å². The lowest BCUT2D eigenvalue weighted by molar-refractivity contribution is -0.161. The minimum atomic E-state index is -0.352. The van der Waals surface area contributed by atoms with E-state index in [0.717, 1.165) is 48.2 Å². The molecule has 0 unspecified atom stereocenters. The minimum absolute atomic E-state index is 0.0737. The first kappa shape index (κ1) is 32.4. The van der Waals surface area contributed by atoms with Crippen LogP contribution < -0.4 is 9.47 Å². The lowest BCUT2D eigenvalue weighted by Gasteiger charge is -2.39. The number of hydrogen-bond donors (Lipinski definition) is 0. The molecule has 0 saturated carbocycles. The molecule has 1 fully saturated rings. The normalized spacial score (nSPS) is 17.0. The van der Waals surface area contributed by atoms with Gasteiger partial charge >= 0.3 is 5.97 Å². The van der Waals surface area contributed by atoms with Crippen molar-refractivity contribution in [2.75, 3.05) is 33.9 Å². The molecule has 232 valence electrons. The number of amides is 1. The zero-order valence-corrected chi connectivity index (χ0v) is 26.6. The van der Waals surface area contributed by atoms with Crippen molar-refractivity contribution in [3.63, 3.8) is 0 Å². The van der Waals surface area contributed by atoms with Crippen LogP contribution >= 0.6 is 11.6 Å². The van der Waals surface area contributed by atoms with Gasteiger partial charge < -0.3 is 28.4 Å². The number of likely N-dealkylation sites (tertiary alicyclic amines) is 1. The molecule has 1 amide bonds. The summed E-state index contributed by atoms with van der Waals surface area (Å²) in [5, 5.41) is 0.671. The van der Waals surface area contributed by atoms with E-state index in [1.807, 2.05) is 67.4 Å². The molecular weight excluding hydrogens is 568 g/mol. The summed E-state index contributed by atoms with van der Waals surface area (Å²) in [6, 6.07) is 15.8. The average molecular weight is 611 g/mol. The number of carbonyl (C=O) groups is 2. The quantitative estimate of drug-likeness (QED) is 0.252. The fourth-order valence-corrected chi connectivity index (χ4v) is 6.27. The van der Waals surface area contributed by atoms with Crippen molar-refractivity contribution in [3.05, 3.63) is 76.6 Å². The van der Waals surface area contributed by atoms with Crippen LogP contribution in [0.2, 0.25) is 5.02 Å². The van der Waals surface area contributed by atoms with E-state index in [4.69, 9.17) is 30.5 Å². The summed E-state index contributed by atoms with van der Waals surface area (Å²) in [4.78, 5) is 25.6. The standard InChI is InChI=1S/C20H18ClNO3.C14H25NO3/c1-23-18-7-3-6-15(20(18)24-2)19-16-11-13(21)8-9-17(16)22-10-4-5-14(22)12-25-19;1-4-7-14(13(17)18-6-3)8-10-15(11-9-14)12(16)5-2/h3-11,19H,12H2,1-2H3;4-11H2,1-3H3/t19-;/m1./s1. The van der Waals surface area contributed by atoms with Crippen LogP contribution in [0.15, 0.2) is 54.7 Å². The van der Waals surface area contributed by atoms with E-state index < -0.39 is 0 Å². The molecule has 0 aliphatic carbocycles. The van der Waals surface area contributed by atoms with Crippen molar-refractivity contribution in [1.29, 1.82) is 0 Å². The summed E-state index contributed by atoms with van der Waals surface area (Å²) in [5.41, 5.74) is 3.70. The Bertz CT molecular complexity index is 1400. The number of fused-ring (bicyclic) bond motifs is 3. The highest BCUT2D eigenvalue weighted by molar-refractivity contribution is 6.30. The summed E-state index contributed by atoms with van der Waals surface area (Å²) in [6.07, 6.45) is 5.59. The van der Waals surface area contributed by atoms with Crippen molar-refractivity contribution in [1.82, 2.24) is 9.47 Å². The predicted molar refractivity (Wildman–Crippen MR) is 167 cm³/mol. The summed E-state index contributed by atoms with van der Waals surface area (Å²) in [5.74, 6) is 1.46. The molecule has 2 aliphatic rings. The minimum Gasteiger partial charge on any atom is -0.493 e. The highest BCUT2D eigenvalue weighted by atomic mass is 35.5. The van der Waals surface area contributed by atoms with Crippen LogP contribution in [0.4, 0.5) is 0 Å². The van der Waals surface area contributed by atoms with Crippen LogP contribution in [-0.4, -0.2) is 55.3 Å². The van der Waals surface area contributed by atoms with Gasteiger partial charge in [-0.15, -0.1) is 0 Å². The third kappa shape index (κ3) is 7.02. The maximum Gasteiger partial charge on any atom is 0.312 e. The van der Waals surface area contributed by atoms with Crippen molar-refractivity contribution in [2.24, 2.45) is 5.41 Å². The maximum atomic E-state index is 12.1. The topological polar surface area (TPSA) is 79.2 Å². The van der Waals surface area contributed by atoms with Crippen LogP contribution in [0.5, 0.6) is 11.5 Å². The SMILES string of the molecule is CCCC1(C(=O)OCC)CCN(C(=O)CC)CC1.COc1cccc([C@H]2OCc3cccn3-c3ccc(Cl)cc32)c1OC. The van der Waals surface area contributed by atoms with E-state index in [9.17, 15) is 9.59 Å². The van der Waals surface area contributed by atoms with Crippen LogP contribution in [-0.2, 0) is 25.7 Å². The molecule has 1 aromatic heterocycles. The Balaban J connectivity index is 0.000000209. The largest absolute Gasteiger partial charge is 0.493 e. The number of rotatable bonds is 8. The van der Waals surface area contributed by atoms with Crippen LogP contribution in [0.1, 0.15) is 75.8 Å². The Kier molecular flexibility index (Phi) is 11.2. The molecule has 1 saturated heterocycles. The van der Waals surface area contributed by atoms with Gasteiger partial charge in [-0.3, -0.25) is 9.59 Å². The number of nitrogens with zero attached hydrogens (tertiary/aromatic N) is 2. The molecule has 8 nitrogen and oxygen atoms in total. The summed E-state index contributed by atoms with van der Waals surface area (Å²) in [7, 11) is 3.27. The molecule has 3 aromatic rings. The number of carbonyl (C=O) groups excluding carboxylic acids is 2. The van der Waals surface area contributed by atoms with Gasteiger partial charge in [0.1, 0.15) is 6.10 Å². The fraction of sp³-hybridized carbons (Fsp3) is 0.471. The molecule has 3 heterocycles. The Morgan fingerprint density at radius 2 is 1.77 bits per heavy atom. The van der Waals surface area contributed by atoms with Crippen molar-refractivity contribution in [2.45, 2.75) is 65.6 Å². The van der Waals surface area contributed by atoms with E-state index in [-0.39, 0.29) is 23.4 Å². The monoisotopic (exact) mass is 610 g/mol. The lowest BCUT2D eigenvalue weighted by Crippen LogP contribution is -2.47. The number of benzene rings is 2. The molecule has 0 bridgehead atoms. The van der Waals surface area contributed by atoms with E-state index in [2.05, 4.69) is 17.6 Å². The number of ether oxygens (including phenoxy) is 4. The first-order valence-electron chi connectivity index (χ1n) is 15.1. The van der Waals surface area contributed by atoms with Crippen molar-refractivity contribution >= 4 is 23.5 Å². The molecule has 2 aromatic carbocycles. The van der Waals surface area contributed by atoms with E-state index in [1.165, 1.54) is 0 Å². The summed E-state index contributed by atoms with van der Waals surface area (Å²) in [6.45, 7) is 8.10. The fourth-order valence-electron chi connectivity index (χ4n) is 6.08. The third-order valence-corrected chi connectivity index (χ3v) is 8.53. The number of hydrogen-bond acceptors (Lipinski definition) is 6. The summed E-state index contributed by atoms with van der Waals surface area (Å²) < 4.78 is 24.7. The Morgan fingerprint density at radius 1 is 1.00 bits per heavy atom. The second-order valence-corrected chi connectivity index (χ2v) is 11.3. The average Bonchev–Trinajstić information content (AvgIpc) is 3.44. The number of halogens is 1. The van der Waals surface area contributed by atoms with E-state index in [1.54, 1.807) is 14.2 Å². The Hall–Kier alpha value is -3.49. The molecule has 9 heteroatoms. The molecule has 5 rings (SSSR count). The molecule has 0 radical (unpaired) electrons. The van der Waals surface area contributed by atoms with Crippen LogP contribution in [0, 0.1) is 5.41 Å². The van der Waals surface area contributed by atoms with Gasteiger partial charge in [0.05, 0.1) is 38.5 Å². The van der Waals surface area contributed by atoms with Gasteiger partial charge in [-0.2, -0.15) is 0 Å². The van der Waals surface area contributed by atoms with E-state index in [0.29, 0.717) is 49.2 Å². The molecule has 2 aliphatic heterocycles. The first-order chi connectivity index (χ1) is 20.8. The zero-order chi connectivity index (χ0) is 31.0. The summed E-state index contributed by atoms with van der Waals surface area (Å²) >= 11 is 6.30. The van der Waals surface area contributed by atoms with E-state index >= 15 is 0 Å². The van der Waals surface area contributed by atoms with Gasteiger partial charge in [0, 0.05) is 47.6 Å². The second-order valence-electron chi connectivity index (χ2n) is 10.8. The number of aromatic nitrogens is 1. The molecule has 1 atom stereocenters. The number of para-hydroxylation sites is 1. The van der Waals surface area contributed by atoms with Gasteiger partial charge in [-0.05, 0) is 62.6 Å². The molecular formula is C34H43ClN2O6. The van der Waals surface area contributed by atoms with Crippen LogP contribution in [0.3, 0.4) is 0 Å². The molecule has 0 N–H and O–H groups in total. The number of piperidine rings is 1. The van der Waals surface area contributed by atoms with Crippen molar-refractivity contribution < 1.29 is 28.5 Å². The van der Waals surface area contributed by atoms with Gasteiger partial charge in [-0.1, -0.05) is 44.0 Å². The van der Waals surface area contributed by atoms with Crippen LogP contribution in [0.25, 0.3) is 5.69 Å². The Labute approximate surface area is 259 Å². The highest BCUT2D eigenvalue weighted by Crippen LogP contribution is 2.43. The van der Waals surface area contributed by atoms with Gasteiger partial charge in [-0.25, -0.2) is 0 Å². The highest BCUT2D eigenvalue weighted by Gasteiger charge is 2.42. The maximum absolute atomic E-state index is 12.1. The first-order valence-corrected chi connectivity index (χ1v) is 15.4. The predicted octanol–water partition coefficient (Wildman–Crippen LogP) is 7.14. The third-order valence-electron chi connectivity index (χ3n) is 8.29. The Morgan fingerprint density at radius 3 is 2.42 bits per heavy atom.